The van der Waals surface area contributed by atoms with E-state index in [9.17, 15) is 13.2 Å². The smallest absolute Gasteiger partial charge is 0.341 e. The third-order valence-corrected chi connectivity index (χ3v) is 5.02. The second-order valence-electron chi connectivity index (χ2n) is 4.34. The van der Waals surface area contributed by atoms with Crippen molar-refractivity contribution in [1.29, 1.82) is 0 Å². The highest BCUT2D eigenvalue weighted by Crippen LogP contribution is 2.18. The monoisotopic (exact) mass is 432 g/mol. The number of ether oxygens (including phenoxy) is 1. The van der Waals surface area contributed by atoms with Gasteiger partial charge in [-0.3, -0.25) is 4.72 Å². The maximum Gasteiger partial charge on any atom is 0.341 e. The molecule has 0 atom stereocenters. The van der Waals surface area contributed by atoms with Crippen LogP contribution in [-0.4, -0.2) is 26.5 Å². The lowest BCUT2D eigenvalue weighted by Gasteiger charge is -2.11. The standard InChI is InChI=1S/C14H13IN2O4S/c1-21-14(18)11-6-4-8-16-13(11)17-22(19,20)9-10-5-2-3-7-12(10)15/h2-8H,9H2,1H3,(H,16,17). The molecular formula is C14H13IN2O4S. The first-order valence-corrected chi connectivity index (χ1v) is 8.93. The lowest BCUT2D eigenvalue weighted by atomic mass is 10.2. The highest BCUT2D eigenvalue weighted by molar-refractivity contribution is 14.1. The van der Waals surface area contributed by atoms with Crippen LogP contribution in [0.1, 0.15) is 15.9 Å². The fraction of sp³-hybridized carbons (Fsp3) is 0.143. The topological polar surface area (TPSA) is 85.4 Å². The molecule has 0 saturated carbocycles. The van der Waals surface area contributed by atoms with Gasteiger partial charge in [-0.15, -0.1) is 0 Å². The van der Waals surface area contributed by atoms with E-state index in [4.69, 9.17) is 0 Å². The van der Waals surface area contributed by atoms with Crippen molar-refractivity contribution in [1.82, 2.24) is 4.98 Å². The van der Waals surface area contributed by atoms with Gasteiger partial charge < -0.3 is 4.74 Å². The van der Waals surface area contributed by atoms with E-state index in [0.717, 1.165) is 3.57 Å². The van der Waals surface area contributed by atoms with Crippen molar-refractivity contribution in [2.24, 2.45) is 0 Å². The van der Waals surface area contributed by atoms with Gasteiger partial charge in [0.25, 0.3) is 0 Å². The molecule has 0 spiro atoms. The Balaban J connectivity index is 2.27. The van der Waals surface area contributed by atoms with Crippen LogP contribution >= 0.6 is 22.6 Å². The van der Waals surface area contributed by atoms with Crippen molar-refractivity contribution in [3.05, 3.63) is 57.3 Å². The van der Waals surface area contributed by atoms with Gasteiger partial charge in [0.05, 0.1) is 12.9 Å². The Morgan fingerprint density at radius 1 is 1.27 bits per heavy atom. The number of anilines is 1. The quantitative estimate of drug-likeness (QED) is 0.580. The molecule has 2 rings (SSSR count). The van der Waals surface area contributed by atoms with Crippen LogP contribution in [-0.2, 0) is 20.5 Å². The molecule has 0 amide bonds. The van der Waals surface area contributed by atoms with Crippen molar-refractivity contribution in [3.63, 3.8) is 0 Å². The summed E-state index contributed by atoms with van der Waals surface area (Å²) in [7, 11) is -2.48. The zero-order valence-electron chi connectivity index (χ0n) is 11.6. The number of esters is 1. The van der Waals surface area contributed by atoms with Gasteiger partial charge in [0.2, 0.25) is 10.0 Å². The third-order valence-electron chi connectivity index (χ3n) is 2.77. The molecule has 8 heteroatoms. The molecule has 1 heterocycles. The Bertz CT molecular complexity index is 793. The number of nitrogens with one attached hydrogen (secondary N) is 1. The van der Waals surface area contributed by atoms with E-state index in [2.05, 4.69) is 37.0 Å². The Morgan fingerprint density at radius 2 is 2.00 bits per heavy atom. The van der Waals surface area contributed by atoms with Gasteiger partial charge in [-0.05, 0) is 46.4 Å². The van der Waals surface area contributed by atoms with E-state index < -0.39 is 16.0 Å². The van der Waals surface area contributed by atoms with Gasteiger partial charge in [0, 0.05) is 9.77 Å². The number of aromatic nitrogens is 1. The summed E-state index contributed by atoms with van der Waals surface area (Å²) in [5.74, 6) is -0.899. The predicted molar refractivity (Wildman–Crippen MR) is 91.0 cm³/mol. The molecule has 1 aromatic carbocycles. The molecule has 6 nitrogen and oxygen atoms in total. The summed E-state index contributed by atoms with van der Waals surface area (Å²) < 4.78 is 32.4. The molecule has 0 aliphatic rings. The number of carbonyl (C=O) groups excluding carboxylic acids is 1. The summed E-state index contributed by atoms with van der Waals surface area (Å²) in [5.41, 5.74) is 0.738. The van der Waals surface area contributed by atoms with Gasteiger partial charge in [0.15, 0.2) is 5.82 Å². The molecule has 0 bridgehead atoms. The summed E-state index contributed by atoms with van der Waals surface area (Å²) in [4.78, 5) is 15.5. The lowest BCUT2D eigenvalue weighted by molar-refractivity contribution is 0.0601. The number of methoxy groups -OCH3 is 1. The van der Waals surface area contributed by atoms with E-state index in [1.807, 2.05) is 12.1 Å². The highest BCUT2D eigenvalue weighted by atomic mass is 127. The molecule has 0 fully saturated rings. The molecule has 1 aromatic heterocycles. The third kappa shape index (κ3) is 4.17. The Hall–Kier alpha value is -1.68. The number of hydrogen-bond donors (Lipinski definition) is 1. The Kier molecular flexibility index (Phi) is 5.35. The first-order valence-electron chi connectivity index (χ1n) is 6.20. The summed E-state index contributed by atoms with van der Waals surface area (Å²) in [6, 6.07) is 10.1. The van der Waals surface area contributed by atoms with Gasteiger partial charge in [0.1, 0.15) is 5.56 Å². The van der Waals surface area contributed by atoms with Gasteiger partial charge >= 0.3 is 5.97 Å². The molecule has 0 aliphatic heterocycles. The zero-order valence-corrected chi connectivity index (χ0v) is 14.6. The number of nitrogens with zero attached hydrogens (tertiary/aromatic N) is 1. The zero-order chi connectivity index (χ0) is 16.2. The van der Waals surface area contributed by atoms with Crippen molar-refractivity contribution in [3.8, 4) is 0 Å². The van der Waals surface area contributed by atoms with E-state index in [-0.39, 0.29) is 17.1 Å². The number of sulfonamides is 1. The molecule has 1 N–H and O–H groups in total. The maximum atomic E-state index is 12.3. The summed E-state index contributed by atoms with van der Waals surface area (Å²) in [5, 5.41) is 0. The Morgan fingerprint density at radius 3 is 2.68 bits per heavy atom. The van der Waals surface area contributed by atoms with Gasteiger partial charge in [-0.25, -0.2) is 18.2 Å². The van der Waals surface area contributed by atoms with Crippen molar-refractivity contribution in [2.45, 2.75) is 5.75 Å². The molecule has 0 aliphatic carbocycles. The van der Waals surface area contributed by atoms with E-state index in [0.29, 0.717) is 5.56 Å². The fourth-order valence-electron chi connectivity index (χ4n) is 1.76. The van der Waals surface area contributed by atoms with Gasteiger partial charge in [-0.2, -0.15) is 0 Å². The number of rotatable bonds is 5. The molecule has 0 radical (unpaired) electrons. The fourth-order valence-corrected chi connectivity index (χ4v) is 3.79. The van der Waals surface area contributed by atoms with Gasteiger partial charge in [-0.1, -0.05) is 18.2 Å². The normalized spacial score (nSPS) is 11.0. The van der Waals surface area contributed by atoms with Crippen molar-refractivity contribution < 1.29 is 17.9 Å². The maximum absolute atomic E-state index is 12.3. The van der Waals surface area contributed by atoms with Crippen LogP contribution in [0.4, 0.5) is 5.82 Å². The summed E-state index contributed by atoms with van der Waals surface area (Å²) in [6.45, 7) is 0. The second-order valence-corrected chi connectivity index (χ2v) is 7.23. The average Bonchev–Trinajstić information content (AvgIpc) is 2.49. The van der Waals surface area contributed by atoms with Crippen molar-refractivity contribution >= 4 is 44.4 Å². The molecule has 116 valence electrons. The molecule has 0 unspecified atom stereocenters. The van der Waals surface area contributed by atoms with Crippen LogP contribution in [0.5, 0.6) is 0 Å². The van der Waals surface area contributed by atoms with Crippen LogP contribution in [0, 0.1) is 3.57 Å². The SMILES string of the molecule is COC(=O)c1cccnc1NS(=O)(=O)Cc1ccccc1I. The number of hydrogen-bond acceptors (Lipinski definition) is 5. The van der Waals surface area contributed by atoms with Crippen LogP contribution in [0.3, 0.4) is 0 Å². The average molecular weight is 432 g/mol. The number of pyridine rings is 1. The minimum Gasteiger partial charge on any atom is -0.465 e. The lowest BCUT2D eigenvalue weighted by Crippen LogP contribution is -2.19. The number of halogens is 1. The summed E-state index contributed by atoms with van der Waals surface area (Å²) in [6.07, 6.45) is 1.40. The minimum atomic E-state index is -3.70. The molecule has 2 aromatic rings. The van der Waals surface area contributed by atoms with Crippen LogP contribution in [0.25, 0.3) is 0 Å². The van der Waals surface area contributed by atoms with Crippen LogP contribution < -0.4 is 4.72 Å². The Labute approximate surface area is 142 Å². The highest BCUT2D eigenvalue weighted by Gasteiger charge is 2.19. The minimum absolute atomic E-state index is 0.0414. The number of carbonyl (C=O) groups is 1. The van der Waals surface area contributed by atoms with Crippen molar-refractivity contribution in [2.75, 3.05) is 11.8 Å². The second kappa shape index (κ2) is 7.05. The van der Waals surface area contributed by atoms with E-state index in [1.54, 1.807) is 12.1 Å². The largest absolute Gasteiger partial charge is 0.465 e. The first kappa shape index (κ1) is 16.7. The molecule has 0 saturated heterocycles. The molecule has 22 heavy (non-hydrogen) atoms. The predicted octanol–water partition coefficient (Wildman–Crippen LogP) is 2.41. The van der Waals surface area contributed by atoms with E-state index >= 15 is 0 Å². The number of benzene rings is 1. The van der Waals surface area contributed by atoms with Crippen LogP contribution in [0.15, 0.2) is 42.6 Å². The van der Waals surface area contributed by atoms with Crippen LogP contribution in [0.2, 0.25) is 0 Å². The van der Waals surface area contributed by atoms with E-state index in [1.165, 1.54) is 25.4 Å². The molecular weight excluding hydrogens is 419 g/mol. The summed E-state index contributed by atoms with van der Waals surface area (Å²) >= 11 is 2.07. The first-order chi connectivity index (χ1) is 10.4.